The van der Waals surface area contributed by atoms with Crippen molar-refractivity contribution in [3.8, 4) is 28.5 Å². The maximum atomic E-state index is 14.0. The van der Waals surface area contributed by atoms with E-state index in [4.69, 9.17) is 0 Å². The summed E-state index contributed by atoms with van der Waals surface area (Å²) in [6.07, 6.45) is -1.60. The Morgan fingerprint density at radius 1 is 1.02 bits per heavy atom. The van der Waals surface area contributed by atoms with Crippen LogP contribution in [-0.4, -0.2) is 31.6 Å². The number of carbonyl (C=O) groups excluding carboxylic acids is 1. The van der Waals surface area contributed by atoms with E-state index in [1.807, 2.05) is 55.0 Å². The van der Waals surface area contributed by atoms with E-state index < -0.39 is 6.36 Å². The third-order valence-corrected chi connectivity index (χ3v) is 8.63. The van der Waals surface area contributed by atoms with E-state index in [9.17, 15) is 22.4 Å². The monoisotopic (exact) mass is 665 g/mol. The van der Waals surface area contributed by atoms with Crippen molar-refractivity contribution in [1.82, 2.24) is 19.3 Å². The van der Waals surface area contributed by atoms with Crippen LogP contribution in [0.1, 0.15) is 63.3 Å². The lowest BCUT2D eigenvalue weighted by Gasteiger charge is -2.24. The predicted molar refractivity (Wildman–Crippen MR) is 173 cm³/mol. The molecule has 0 saturated carbocycles. The van der Waals surface area contributed by atoms with E-state index in [1.54, 1.807) is 6.07 Å². The van der Waals surface area contributed by atoms with Gasteiger partial charge in [-0.1, -0.05) is 52.0 Å². The summed E-state index contributed by atoms with van der Waals surface area (Å²) in [4.78, 5) is 22.4. The van der Waals surface area contributed by atoms with Crippen LogP contribution in [0.3, 0.4) is 0 Å². The second-order valence-electron chi connectivity index (χ2n) is 12.5. The molecule has 47 heavy (non-hydrogen) atoms. The minimum atomic E-state index is -4.75. The fourth-order valence-electron chi connectivity index (χ4n) is 5.30. The first-order chi connectivity index (χ1) is 22.2. The quantitative estimate of drug-likeness (QED) is 0.140. The van der Waals surface area contributed by atoms with Crippen LogP contribution in [0.4, 0.5) is 17.6 Å². The first-order valence-electron chi connectivity index (χ1n) is 15.1. The smallest absolute Gasteiger partial charge is 0.406 e. The average molecular weight is 666 g/mol. The van der Waals surface area contributed by atoms with Crippen molar-refractivity contribution in [3.63, 3.8) is 0 Å². The fraction of sp³-hybridized carbons (Fsp3) is 0.314. The van der Waals surface area contributed by atoms with Crippen LogP contribution in [-0.2, 0) is 11.2 Å². The van der Waals surface area contributed by atoms with E-state index >= 15 is 0 Å². The number of hydrogen-bond donors (Lipinski definition) is 0. The van der Waals surface area contributed by atoms with Gasteiger partial charge in [0.15, 0.2) is 10.6 Å². The molecule has 1 amide bonds. The highest BCUT2D eigenvalue weighted by molar-refractivity contribution is 7.07. The van der Waals surface area contributed by atoms with Crippen molar-refractivity contribution in [2.45, 2.75) is 66.2 Å². The van der Waals surface area contributed by atoms with E-state index in [-0.39, 0.29) is 35.2 Å². The van der Waals surface area contributed by atoms with Crippen molar-refractivity contribution in [2.75, 3.05) is 0 Å². The zero-order valence-corrected chi connectivity index (χ0v) is 27.5. The molecule has 5 aromatic rings. The van der Waals surface area contributed by atoms with E-state index in [2.05, 4.69) is 33.7 Å². The molecule has 0 aliphatic carbocycles. The summed E-state index contributed by atoms with van der Waals surface area (Å²) in [5, 5.41) is 6.41. The normalized spacial score (nSPS) is 12.6. The van der Waals surface area contributed by atoms with Crippen LogP contribution >= 0.6 is 11.3 Å². The molecule has 5 rings (SSSR count). The Morgan fingerprint density at radius 3 is 2.38 bits per heavy atom. The summed E-state index contributed by atoms with van der Waals surface area (Å²) in [7, 11) is 0. The minimum absolute atomic E-state index is 0.0932. The Kier molecular flexibility index (Phi) is 9.81. The molecule has 0 saturated heterocycles. The number of ether oxygens (including phenoxy) is 1. The number of amides is 1. The summed E-state index contributed by atoms with van der Waals surface area (Å²) in [6, 6.07) is 17.9. The molecular formula is C35H35F4N5O2S. The van der Waals surface area contributed by atoms with E-state index in [0.717, 1.165) is 34.5 Å². The first kappa shape index (κ1) is 33.8. The lowest BCUT2D eigenvalue weighted by atomic mass is 9.81. The average Bonchev–Trinajstić information content (AvgIpc) is 3.63. The van der Waals surface area contributed by atoms with Gasteiger partial charge in [0.25, 0.3) is 0 Å². The third-order valence-electron chi connectivity index (χ3n) is 7.69. The van der Waals surface area contributed by atoms with Gasteiger partial charge >= 0.3 is 6.36 Å². The predicted octanol–water partition coefficient (Wildman–Crippen LogP) is 8.73. The molecule has 0 spiro atoms. The zero-order chi connectivity index (χ0) is 33.9. The van der Waals surface area contributed by atoms with Gasteiger partial charge in [0, 0.05) is 23.1 Å². The molecule has 0 aliphatic heterocycles. The molecule has 0 radical (unpaired) electrons. The summed E-state index contributed by atoms with van der Waals surface area (Å²) in [5.41, 5.74) is 4.84. The number of hydrogen-bond acceptors (Lipinski definition) is 5. The highest BCUT2D eigenvalue weighted by atomic mass is 32.1. The lowest BCUT2D eigenvalue weighted by Crippen LogP contribution is -2.20. The second kappa shape index (κ2) is 13.6. The van der Waals surface area contributed by atoms with Gasteiger partial charge in [-0.2, -0.15) is 4.99 Å². The number of aromatic nitrogens is 4. The Morgan fingerprint density at radius 2 is 1.72 bits per heavy atom. The number of benzene rings is 3. The number of rotatable bonds is 10. The van der Waals surface area contributed by atoms with Gasteiger partial charge in [-0.3, -0.25) is 9.36 Å². The van der Waals surface area contributed by atoms with Gasteiger partial charge in [-0.25, -0.2) is 14.1 Å². The lowest BCUT2D eigenvalue weighted by molar-refractivity contribution is -0.274. The highest BCUT2D eigenvalue weighted by Gasteiger charge is 2.31. The van der Waals surface area contributed by atoms with Crippen molar-refractivity contribution in [1.29, 1.82) is 0 Å². The molecule has 12 heteroatoms. The summed E-state index contributed by atoms with van der Waals surface area (Å²) in [5.74, 6) is -0.250. The van der Waals surface area contributed by atoms with Gasteiger partial charge in [0.05, 0.1) is 11.4 Å². The second-order valence-corrected chi connectivity index (χ2v) is 13.3. The van der Waals surface area contributed by atoms with Crippen molar-refractivity contribution < 1.29 is 27.1 Å². The number of halogens is 4. The SMILES string of the molecule is Cc1csc(=NC(=O)CCC(C)(C)Cc2ccc(-c3ncn(-c4ccc(OC(F)(F)F)cc4)n3)cc2)n1-c1ccc(F)cc1C(C)C. The van der Waals surface area contributed by atoms with Crippen LogP contribution in [0.25, 0.3) is 22.8 Å². The number of carbonyl (C=O) groups is 1. The summed E-state index contributed by atoms with van der Waals surface area (Å²) < 4.78 is 58.7. The third kappa shape index (κ3) is 8.62. The Labute approximate surface area is 274 Å². The fourth-order valence-corrected chi connectivity index (χ4v) is 6.18. The van der Waals surface area contributed by atoms with Crippen molar-refractivity contribution >= 4 is 17.2 Å². The molecule has 3 aromatic carbocycles. The van der Waals surface area contributed by atoms with Crippen molar-refractivity contribution in [2.24, 2.45) is 10.4 Å². The maximum Gasteiger partial charge on any atom is 0.573 e. The molecular weight excluding hydrogens is 630 g/mol. The molecule has 2 heterocycles. The van der Waals surface area contributed by atoms with Gasteiger partial charge in [0.2, 0.25) is 5.91 Å². The summed E-state index contributed by atoms with van der Waals surface area (Å²) in [6.45, 7) is 10.2. The largest absolute Gasteiger partial charge is 0.573 e. The number of alkyl halides is 3. The molecule has 2 aromatic heterocycles. The number of nitrogens with zero attached hydrogens (tertiary/aromatic N) is 5. The molecule has 0 aliphatic rings. The van der Waals surface area contributed by atoms with Crippen LogP contribution < -0.4 is 9.54 Å². The topological polar surface area (TPSA) is 74.3 Å². The number of thiazole rings is 1. The molecule has 246 valence electrons. The standard InChI is InChI=1S/C35H35F4N5O2S/c1-22(2)29-18-26(36)10-15-30(29)44-23(3)20-47-33(44)41-31(45)16-17-34(4,5)19-24-6-8-25(9-7-24)32-40-21-43(42-32)27-11-13-28(14-12-27)46-35(37,38)39/h6-15,18,20-22H,16-17,19H2,1-5H3. The highest BCUT2D eigenvalue weighted by Crippen LogP contribution is 2.30. The Bertz CT molecular complexity index is 1920. The van der Waals surface area contributed by atoms with Gasteiger partial charge in [-0.15, -0.1) is 29.6 Å². The zero-order valence-electron chi connectivity index (χ0n) is 26.7. The first-order valence-corrected chi connectivity index (χ1v) is 16.0. The number of aryl methyl sites for hydroxylation is 1. The van der Waals surface area contributed by atoms with Gasteiger partial charge in [-0.05, 0) is 84.7 Å². The van der Waals surface area contributed by atoms with E-state index in [1.165, 1.54) is 58.7 Å². The van der Waals surface area contributed by atoms with Gasteiger partial charge < -0.3 is 4.74 Å². The molecule has 7 nitrogen and oxygen atoms in total. The molecule has 0 unspecified atom stereocenters. The maximum absolute atomic E-state index is 14.0. The van der Waals surface area contributed by atoms with Gasteiger partial charge in [0.1, 0.15) is 17.9 Å². The Balaban J connectivity index is 1.22. The molecule has 0 fully saturated rings. The minimum Gasteiger partial charge on any atom is -0.406 e. The van der Waals surface area contributed by atoms with Crippen LogP contribution in [0.15, 0.2) is 83.4 Å². The molecule has 0 N–H and O–H groups in total. The van der Waals surface area contributed by atoms with Crippen LogP contribution in [0.2, 0.25) is 0 Å². The molecule has 0 bridgehead atoms. The van der Waals surface area contributed by atoms with Crippen molar-refractivity contribution in [3.05, 3.63) is 106 Å². The van der Waals surface area contributed by atoms with E-state index in [0.29, 0.717) is 22.7 Å². The molecule has 0 atom stereocenters. The van der Waals surface area contributed by atoms with Crippen LogP contribution in [0.5, 0.6) is 5.75 Å². The Hall–Kier alpha value is -4.58. The summed E-state index contributed by atoms with van der Waals surface area (Å²) >= 11 is 1.39. The van der Waals surface area contributed by atoms with Crippen LogP contribution in [0, 0.1) is 18.2 Å².